The van der Waals surface area contributed by atoms with Crippen LogP contribution in [0.2, 0.25) is 0 Å². The number of amides is 2. The second-order valence-electron chi connectivity index (χ2n) is 10.2. The Kier molecular flexibility index (Phi) is 8.01. The van der Waals surface area contributed by atoms with E-state index in [9.17, 15) is 14.0 Å². The van der Waals surface area contributed by atoms with E-state index in [4.69, 9.17) is 4.74 Å². The van der Waals surface area contributed by atoms with Crippen LogP contribution in [0.3, 0.4) is 0 Å². The van der Waals surface area contributed by atoms with Crippen LogP contribution in [0.4, 0.5) is 4.39 Å². The van der Waals surface area contributed by atoms with Gasteiger partial charge in [0, 0.05) is 31.4 Å². The van der Waals surface area contributed by atoms with Gasteiger partial charge < -0.3 is 15.0 Å². The molecule has 38 heavy (non-hydrogen) atoms. The van der Waals surface area contributed by atoms with Crippen molar-refractivity contribution in [1.82, 2.24) is 15.2 Å². The molecule has 2 heterocycles. The summed E-state index contributed by atoms with van der Waals surface area (Å²) in [5.41, 5.74) is 3.89. The fraction of sp³-hybridized carbons (Fsp3) is 0.387. The molecule has 6 nitrogen and oxygen atoms in total. The minimum absolute atomic E-state index is 0.0481. The topological polar surface area (TPSA) is 71.5 Å². The van der Waals surface area contributed by atoms with E-state index in [1.165, 1.54) is 12.1 Å². The summed E-state index contributed by atoms with van der Waals surface area (Å²) in [6.45, 7) is 2.91. The van der Waals surface area contributed by atoms with Crippen LogP contribution in [0.15, 0.2) is 67.0 Å². The molecule has 198 valence electrons. The zero-order chi connectivity index (χ0) is 26.5. The molecule has 1 saturated carbocycles. The van der Waals surface area contributed by atoms with Gasteiger partial charge >= 0.3 is 0 Å². The molecule has 0 bridgehead atoms. The van der Waals surface area contributed by atoms with E-state index in [1.54, 1.807) is 24.5 Å². The van der Waals surface area contributed by atoms with Gasteiger partial charge in [-0.3, -0.25) is 14.6 Å². The van der Waals surface area contributed by atoms with Crippen LogP contribution in [0, 0.1) is 11.7 Å². The standard InChI is InChI=1S/C31H34FN3O3/c1-2-28(30(36)34-20-21-6-5-16-33-19-21)38-26-14-11-22-15-17-35(31(37)24-7-3-4-8-24)29(27(22)18-26)23-9-12-25(32)13-10-23/h5-6,9-14,16,18-19,24,28-29H,2-4,7-8,15,17,20H2,1H3,(H,34,36). The number of nitrogens with zero attached hydrogens (tertiary/aromatic N) is 2. The summed E-state index contributed by atoms with van der Waals surface area (Å²) in [4.78, 5) is 32.6. The minimum Gasteiger partial charge on any atom is -0.481 e. The Morgan fingerprint density at radius 3 is 2.63 bits per heavy atom. The first-order valence-electron chi connectivity index (χ1n) is 13.6. The molecular weight excluding hydrogens is 481 g/mol. The Morgan fingerprint density at radius 2 is 1.92 bits per heavy atom. The van der Waals surface area contributed by atoms with Gasteiger partial charge in [-0.2, -0.15) is 0 Å². The Labute approximate surface area is 223 Å². The summed E-state index contributed by atoms with van der Waals surface area (Å²) < 4.78 is 20.0. The van der Waals surface area contributed by atoms with E-state index in [2.05, 4.69) is 10.3 Å². The van der Waals surface area contributed by atoms with Crippen LogP contribution in [-0.4, -0.2) is 34.3 Å². The molecule has 2 unspecified atom stereocenters. The molecule has 5 rings (SSSR count). The third-order valence-corrected chi connectivity index (χ3v) is 7.65. The molecule has 1 N–H and O–H groups in total. The second-order valence-corrected chi connectivity index (χ2v) is 10.2. The Hall–Kier alpha value is -3.74. The predicted molar refractivity (Wildman–Crippen MR) is 143 cm³/mol. The van der Waals surface area contributed by atoms with Gasteiger partial charge in [0.2, 0.25) is 5.91 Å². The maximum atomic E-state index is 13.8. The van der Waals surface area contributed by atoms with Gasteiger partial charge in [-0.25, -0.2) is 4.39 Å². The number of carbonyl (C=O) groups is 2. The third-order valence-electron chi connectivity index (χ3n) is 7.65. The van der Waals surface area contributed by atoms with Crippen molar-refractivity contribution in [3.8, 4) is 5.75 Å². The maximum absolute atomic E-state index is 13.8. The predicted octanol–water partition coefficient (Wildman–Crippen LogP) is 5.36. The van der Waals surface area contributed by atoms with Gasteiger partial charge in [-0.05, 0) is 78.3 Å². The molecule has 2 amide bonds. The number of hydrogen-bond acceptors (Lipinski definition) is 4. The third kappa shape index (κ3) is 5.72. The lowest BCUT2D eigenvalue weighted by Gasteiger charge is -2.39. The number of hydrogen-bond donors (Lipinski definition) is 1. The highest BCUT2D eigenvalue weighted by molar-refractivity contribution is 5.81. The van der Waals surface area contributed by atoms with E-state index in [-0.39, 0.29) is 29.6 Å². The normalized spacial score (nSPS) is 18.1. The molecule has 2 aliphatic rings. The van der Waals surface area contributed by atoms with E-state index < -0.39 is 6.10 Å². The van der Waals surface area contributed by atoms with Gasteiger partial charge in [0.1, 0.15) is 11.6 Å². The molecule has 0 saturated heterocycles. The lowest BCUT2D eigenvalue weighted by molar-refractivity contribution is -0.137. The lowest BCUT2D eigenvalue weighted by atomic mass is 9.87. The zero-order valence-electron chi connectivity index (χ0n) is 21.7. The fourth-order valence-electron chi connectivity index (χ4n) is 5.61. The van der Waals surface area contributed by atoms with Crippen LogP contribution in [0.25, 0.3) is 0 Å². The molecule has 1 aromatic heterocycles. The van der Waals surface area contributed by atoms with E-state index in [0.29, 0.717) is 25.3 Å². The van der Waals surface area contributed by atoms with Crippen molar-refractivity contribution >= 4 is 11.8 Å². The number of nitrogens with one attached hydrogen (secondary N) is 1. The van der Waals surface area contributed by atoms with Gasteiger partial charge in [0.05, 0.1) is 6.04 Å². The maximum Gasteiger partial charge on any atom is 0.261 e. The van der Waals surface area contributed by atoms with E-state index >= 15 is 0 Å². The molecule has 1 fully saturated rings. The van der Waals surface area contributed by atoms with Crippen molar-refractivity contribution in [3.63, 3.8) is 0 Å². The summed E-state index contributed by atoms with van der Waals surface area (Å²) in [5.74, 6) is 0.303. The molecular formula is C31H34FN3O3. The highest BCUT2D eigenvalue weighted by Crippen LogP contribution is 2.40. The first kappa shape index (κ1) is 25.9. The molecule has 1 aliphatic heterocycles. The first-order valence-corrected chi connectivity index (χ1v) is 13.6. The number of carbonyl (C=O) groups excluding carboxylic acids is 2. The minimum atomic E-state index is -0.659. The molecule has 2 aromatic carbocycles. The number of fused-ring (bicyclic) bond motifs is 1. The number of aromatic nitrogens is 1. The van der Waals surface area contributed by atoms with Crippen molar-refractivity contribution in [1.29, 1.82) is 0 Å². The summed E-state index contributed by atoms with van der Waals surface area (Å²) in [5, 5.41) is 2.93. The van der Waals surface area contributed by atoms with Crippen LogP contribution >= 0.6 is 0 Å². The van der Waals surface area contributed by atoms with Crippen molar-refractivity contribution in [2.75, 3.05) is 6.54 Å². The Bertz CT molecular complexity index is 1260. The monoisotopic (exact) mass is 515 g/mol. The van der Waals surface area contributed by atoms with Crippen molar-refractivity contribution in [2.45, 2.75) is 64.1 Å². The van der Waals surface area contributed by atoms with Crippen LogP contribution in [-0.2, 0) is 22.6 Å². The second kappa shape index (κ2) is 11.8. The smallest absolute Gasteiger partial charge is 0.261 e. The summed E-state index contributed by atoms with van der Waals surface area (Å²) >= 11 is 0. The van der Waals surface area contributed by atoms with Gasteiger partial charge in [0.25, 0.3) is 5.91 Å². The molecule has 0 spiro atoms. The number of pyridine rings is 1. The Morgan fingerprint density at radius 1 is 1.13 bits per heavy atom. The highest BCUT2D eigenvalue weighted by Gasteiger charge is 2.36. The van der Waals surface area contributed by atoms with Gasteiger partial charge in [0.15, 0.2) is 6.10 Å². The molecule has 7 heteroatoms. The number of benzene rings is 2. The van der Waals surface area contributed by atoms with E-state index in [1.807, 2.05) is 42.2 Å². The van der Waals surface area contributed by atoms with Crippen molar-refractivity contribution < 1.29 is 18.7 Å². The van der Waals surface area contributed by atoms with Crippen LogP contribution < -0.4 is 10.1 Å². The quantitative estimate of drug-likeness (QED) is 0.439. The Balaban J connectivity index is 1.39. The summed E-state index contributed by atoms with van der Waals surface area (Å²) in [6, 6.07) is 15.7. The molecule has 0 radical (unpaired) electrons. The zero-order valence-corrected chi connectivity index (χ0v) is 21.7. The largest absolute Gasteiger partial charge is 0.481 e. The number of ether oxygens (including phenoxy) is 1. The first-order chi connectivity index (χ1) is 18.5. The molecule has 1 aliphatic carbocycles. The highest BCUT2D eigenvalue weighted by atomic mass is 19.1. The van der Waals surface area contributed by atoms with Gasteiger partial charge in [-0.15, -0.1) is 0 Å². The molecule has 2 atom stereocenters. The van der Waals surface area contributed by atoms with Crippen LogP contribution in [0.1, 0.15) is 67.3 Å². The number of rotatable bonds is 8. The van der Waals surface area contributed by atoms with Crippen molar-refractivity contribution in [3.05, 3.63) is 95.1 Å². The van der Waals surface area contributed by atoms with E-state index in [0.717, 1.165) is 54.4 Å². The van der Waals surface area contributed by atoms with Crippen LogP contribution in [0.5, 0.6) is 5.75 Å². The average molecular weight is 516 g/mol. The van der Waals surface area contributed by atoms with Gasteiger partial charge in [-0.1, -0.05) is 44.0 Å². The summed E-state index contributed by atoms with van der Waals surface area (Å²) in [6.07, 6.45) is 8.03. The molecule has 3 aromatic rings. The SMILES string of the molecule is CCC(Oc1ccc2c(c1)C(c1ccc(F)cc1)N(C(=O)C1CCCC1)CC2)C(=O)NCc1cccnc1. The summed E-state index contributed by atoms with van der Waals surface area (Å²) in [7, 11) is 0. The fourth-order valence-corrected chi connectivity index (χ4v) is 5.61. The van der Waals surface area contributed by atoms with Crippen molar-refractivity contribution in [2.24, 2.45) is 5.92 Å². The average Bonchev–Trinajstić information content (AvgIpc) is 3.50. The lowest BCUT2D eigenvalue weighted by Crippen LogP contribution is -2.43. The number of halogens is 1.